The second-order valence-electron chi connectivity index (χ2n) is 5.80. The Morgan fingerprint density at radius 1 is 0.957 bits per heavy atom. The Balaban J connectivity index is 2.01. The molecule has 0 aliphatic carbocycles. The molecule has 2 aromatic heterocycles. The predicted molar refractivity (Wildman–Crippen MR) is 92.2 cm³/mol. The molecule has 3 rings (SSSR count). The third-order valence-corrected chi connectivity index (χ3v) is 3.56. The minimum absolute atomic E-state index is 0.470. The van der Waals surface area contributed by atoms with Crippen LogP contribution in [0.3, 0.4) is 0 Å². The number of hydrogen-bond donors (Lipinski definition) is 2. The van der Waals surface area contributed by atoms with Gasteiger partial charge in [0.2, 0.25) is 0 Å². The molecule has 6 heteroatoms. The van der Waals surface area contributed by atoms with E-state index in [-0.39, 0.29) is 0 Å². The quantitative estimate of drug-likeness (QED) is 0.776. The van der Waals surface area contributed by atoms with Crippen LogP contribution < -0.4 is 11.1 Å². The average Bonchev–Trinajstić information content (AvgIpc) is 2.79. The van der Waals surface area contributed by atoms with Crippen molar-refractivity contribution < 1.29 is 0 Å². The summed E-state index contributed by atoms with van der Waals surface area (Å²) in [7, 11) is 0. The maximum Gasteiger partial charge on any atom is 0.182 e. The van der Waals surface area contributed by atoms with Crippen LogP contribution in [0.1, 0.15) is 22.5 Å². The molecule has 0 amide bonds. The van der Waals surface area contributed by atoms with Crippen LogP contribution in [0.4, 0.5) is 17.2 Å². The Hall–Kier alpha value is -2.89. The first-order valence-corrected chi connectivity index (χ1v) is 7.43. The van der Waals surface area contributed by atoms with Crippen LogP contribution in [-0.2, 0) is 0 Å². The minimum atomic E-state index is 0.470. The number of nitrogens with one attached hydrogen (secondary N) is 1. The van der Waals surface area contributed by atoms with Crippen molar-refractivity contribution in [1.82, 2.24) is 19.7 Å². The summed E-state index contributed by atoms with van der Waals surface area (Å²) in [6.07, 6.45) is 1.49. The molecule has 0 unspecified atom stereocenters. The van der Waals surface area contributed by atoms with E-state index in [4.69, 9.17) is 5.73 Å². The zero-order valence-electron chi connectivity index (χ0n) is 13.8. The summed E-state index contributed by atoms with van der Waals surface area (Å²) in [5.74, 6) is 1.16. The molecule has 6 nitrogen and oxygen atoms in total. The summed E-state index contributed by atoms with van der Waals surface area (Å²) < 4.78 is 1.74. The van der Waals surface area contributed by atoms with Gasteiger partial charge in [-0.1, -0.05) is 6.07 Å². The van der Waals surface area contributed by atoms with Crippen LogP contribution in [0.25, 0.3) is 5.82 Å². The molecule has 118 valence electrons. The summed E-state index contributed by atoms with van der Waals surface area (Å²) in [5, 5.41) is 7.71. The molecule has 0 aliphatic rings. The summed E-state index contributed by atoms with van der Waals surface area (Å²) >= 11 is 0. The highest BCUT2D eigenvalue weighted by molar-refractivity contribution is 5.74. The summed E-state index contributed by atoms with van der Waals surface area (Å²) in [6, 6.07) is 8.21. The van der Waals surface area contributed by atoms with E-state index in [1.807, 2.05) is 19.9 Å². The van der Waals surface area contributed by atoms with Crippen molar-refractivity contribution in [1.29, 1.82) is 0 Å². The number of aromatic nitrogens is 4. The van der Waals surface area contributed by atoms with E-state index in [2.05, 4.69) is 52.4 Å². The molecule has 0 saturated carbocycles. The standard InChI is InChI=1S/C17H20N6/c1-10-5-11(2)7-14(6-10)21-16-15(18)17(20-9-19-16)23-13(4)8-12(3)22-23/h5-9H,18H2,1-4H3,(H,19,20,21). The molecule has 0 radical (unpaired) electrons. The molecule has 0 saturated heterocycles. The van der Waals surface area contributed by atoms with Gasteiger partial charge in [0.05, 0.1) is 5.69 Å². The first kappa shape index (κ1) is 15.0. The van der Waals surface area contributed by atoms with Crippen LogP contribution >= 0.6 is 0 Å². The number of nitrogens with two attached hydrogens (primary N) is 1. The fourth-order valence-corrected chi connectivity index (χ4v) is 2.68. The second kappa shape index (κ2) is 5.72. The highest BCUT2D eigenvalue weighted by Crippen LogP contribution is 2.26. The van der Waals surface area contributed by atoms with E-state index in [1.54, 1.807) is 4.68 Å². The van der Waals surface area contributed by atoms with Gasteiger partial charge >= 0.3 is 0 Å². The number of nitrogens with zero attached hydrogens (tertiary/aromatic N) is 4. The number of aryl methyl sites for hydroxylation is 4. The number of anilines is 3. The van der Waals surface area contributed by atoms with Crippen LogP contribution in [0.2, 0.25) is 0 Å². The molecule has 0 fully saturated rings. The third-order valence-electron chi connectivity index (χ3n) is 3.56. The van der Waals surface area contributed by atoms with Crippen LogP contribution in [-0.4, -0.2) is 19.7 Å². The Kier molecular flexibility index (Phi) is 3.73. The zero-order chi connectivity index (χ0) is 16.6. The molecule has 0 bridgehead atoms. The van der Waals surface area contributed by atoms with E-state index < -0.39 is 0 Å². The number of nitrogen functional groups attached to an aromatic ring is 1. The van der Waals surface area contributed by atoms with Gasteiger partial charge in [-0.15, -0.1) is 0 Å². The second-order valence-corrected chi connectivity index (χ2v) is 5.80. The van der Waals surface area contributed by atoms with Gasteiger partial charge in [0.1, 0.15) is 12.0 Å². The average molecular weight is 308 g/mol. The van der Waals surface area contributed by atoms with E-state index in [9.17, 15) is 0 Å². The van der Waals surface area contributed by atoms with Crippen molar-refractivity contribution >= 4 is 17.2 Å². The summed E-state index contributed by atoms with van der Waals surface area (Å²) in [4.78, 5) is 8.55. The normalized spacial score (nSPS) is 10.8. The monoisotopic (exact) mass is 308 g/mol. The van der Waals surface area contributed by atoms with Crippen LogP contribution in [0.5, 0.6) is 0 Å². The molecule has 0 aliphatic heterocycles. The summed E-state index contributed by atoms with van der Waals surface area (Å²) in [5.41, 5.74) is 11.9. The molecule has 1 aromatic carbocycles. The molecular formula is C17H20N6. The molecular weight excluding hydrogens is 288 g/mol. The zero-order valence-corrected chi connectivity index (χ0v) is 13.8. The molecule has 0 atom stereocenters. The van der Waals surface area contributed by atoms with Gasteiger partial charge in [0, 0.05) is 11.4 Å². The van der Waals surface area contributed by atoms with Crippen molar-refractivity contribution in [3.8, 4) is 5.82 Å². The van der Waals surface area contributed by atoms with Gasteiger partial charge in [-0.25, -0.2) is 14.6 Å². The Morgan fingerprint density at radius 3 is 2.26 bits per heavy atom. The smallest absolute Gasteiger partial charge is 0.182 e. The molecule has 3 N–H and O–H groups in total. The Bertz CT molecular complexity index is 845. The lowest BCUT2D eigenvalue weighted by Gasteiger charge is -2.13. The number of benzene rings is 1. The third kappa shape index (κ3) is 3.01. The predicted octanol–water partition coefficient (Wildman–Crippen LogP) is 3.22. The maximum absolute atomic E-state index is 6.27. The van der Waals surface area contributed by atoms with Crippen LogP contribution in [0.15, 0.2) is 30.6 Å². The number of rotatable bonds is 3. The first-order valence-electron chi connectivity index (χ1n) is 7.43. The van der Waals surface area contributed by atoms with E-state index in [0.29, 0.717) is 17.3 Å². The van der Waals surface area contributed by atoms with E-state index in [1.165, 1.54) is 17.5 Å². The minimum Gasteiger partial charge on any atom is -0.393 e. The lowest BCUT2D eigenvalue weighted by molar-refractivity contribution is 0.804. The van der Waals surface area contributed by atoms with Crippen molar-refractivity contribution in [2.75, 3.05) is 11.1 Å². The van der Waals surface area contributed by atoms with Gasteiger partial charge in [-0.05, 0) is 57.0 Å². The molecule has 0 spiro atoms. The van der Waals surface area contributed by atoms with Gasteiger partial charge in [-0.3, -0.25) is 0 Å². The Labute approximate surface area is 135 Å². The number of hydrogen-bond acceptors (Lipinski definition) is 5. The van der Waals surface area contributed by atoms with Crippen LogP contribution in [0, 0.1) is 27.7 Å². The SMILES string of the molecule is Cc1cc(C)cc(Nc2ncnc(-n3nc(C)cc3C)c2N)c1. The largest absolute Gasteiger partial charge is 0.393 e. The van der Waals surface area contributed by atoms with E-state index >= 15 is 0 Å². The fraction of sp³-hybridized carbons (Fsp3) is 0.235. The fourth-order valence-electron chi connectivity index (χ4n) is 2.68. The van der Waals surface area contributed by atoms with Crippen molar-refractivity contribution in [2.24, 2.45) is 0 Å². The summed E-state index contributed by atoms with van der Waals surface area (Å²) in [6.45, 7) is 8.03. The first-order chi connectivity index (χ1) is 10.9. The van der Waals surface area contributed by atoms with E-state index in [0.717, 1.165) is 17.1 Å². The van der Waals surface area contributed by atoms with Gasteiger partial charge in [0.25, 0.3) is 0 Å². The van der Waals surface area contributed by atoms with Gasteiger partial charge in [0.15, 0.2) is 11.6 Å². The van der Waals surface area contributed by atoms with Crippen molar-refractivity contribution in [2.45, 2.75) is 27.7 Å². The molecule has 2 heterocycles. The topological polar surface area (TPSA) is 81.7 Å². The lowest BCUT2D eigenvalue weighted by Crippen LogP contribution is -2.09. The van der Waals surface area contributed by atoms with Crippen molar-refractivity contribution in [3.05, 3.63) is 53.1 Å². The lowest BCUT2D eigenvalue weighted by atomic mass is 10.1. The molecule has 23 heavy (non-hydrogen) atoms. The van der Waals surface area contributed by atoms with Gasteiger partial charge in [-0.2, -0.15) is 5.10 Å². The Morgan fingerprint density at radius 2 is 1.65 bits per heavy atom. The van der Waals surface area contributed by atoms with Gasteiger partial charge < -0.3 is 11.1 Å². The molecule has 3 aromatic rings. The maximum atomic E-state index is 6.27. The highest BCUT2D eigenvalue weighted by atomic mass is 15.3. The highest BCUT2D eigenvalue weighted by Gasteiger charge is 2.13. The van der Waals surface area contributed by atoms with Crippen molar-refractivity contribution in [3.63, 3.8) is 0 Å².